The highest BCUT2D eigenvalue weighted by Crippen LogP contribution is 2.49. The maximum atomic E-state index is 11.5. The van der Waals surface area contributed by atoms with E-state index in [2.05, 4.69) is 0 Å². The summed E-state index contributed by atoms with van der Waals surface area (Å²) in [5.41, 5.74) is -0.581. The first kappa shape index (κ1) is 17.0. The molecule has 4 saturated heterocycles. The third-order valence-electron chi connectivity index (χ3n) is 7.60. The molecule has 8 rings (SSSR count). The van der Waals surface area contributed by atoms with Crippen LogP contribution in [-0.4, -0.2) is 46.1 Å². The van der Waals surface area contributed by atoms with E-state index in [4.69, 9.17) is 9.47 Å². The number of hydrogen-bond donors (Lipinski definition) is 2. The molecule has 8 fully saturated rings. The average molecular weight is 364 g/mol. The molecule has 4 aliphatic carbocycles. The van der Waals surface area contributed by atoms with Crippen molar-refractivity contribution in [1.29, 1.82) is 0 Å². The highest BCUT2D eigenvalue weighted by molar-refractivity contribution is 5.74. The molecule has 144 valence electrons. The molecule has 9 atom stereocenters. The van der Waals surface area contributed by atoms with E-state index in [1.54, 1.807) is 0 Å². The molecule has 4 aliphatic heterocycles. The van der Waals surface area contributed by atoms with Crippen LogP contribution in [0.15, 0.2) is 0 Å². The zero-order valence-electron chi connectivity index (χ0n) is 15.0. The van der Waals surface area contributed by atoms with Gasteiger partial charge in [0.15, 0.2) is 0 Å². The Balaban J connectivity index is 0.000000115. The monoisotopic (exact) mass is 364 g/mol. The van der Waals surface area contributed by atoms with Crippen LogP contribution in [0.3, 0.4) is 0 Å². The largest absolute Gasteiger partial charge is 0.462 e. The fourth-order valence-corrected chi connectivity index (χ4v) is 6.69. The lowest BCUT2D eigenvalue weighted by atomic mass is 9.65. The second-order valence-electron chi connectivity index (χ2n) is 9.66. The van der Waals surface area contributed by atoms with Crippen LogP contribution < -0.4 is 0 Å². The van der Waals surface area contributed by atoms with Crippen molar-refractivity contribution in [2.45, 2.75) is 81.7 Å². The summed E-state index contributed by atoms with van der Waals surface area (Å²) in [6.45, 7) is 0. The Bertz CT molecular complexity index is 617. The van der Waals surface area contributed by atoms with E-state index in [0.29, 0.717) is 30.6 Å². The summed E-state index contributed by atoms with van der Waals surface area (Å²) < 4.78 is 10.6. The van der Waals surface area contributed by atoms with Crippen molar-refractivity contribution in [3.63, 3.8) is 0 Å². The summed E-state index contributed by atoms with van der Waals surface area (Å²) >= 11 is 0. The van der Waals surface area contributed by atoms with Crippen LogP contribution in [0.5, 0.6) is 0 Å². The second-order valence-corrected chi connectivity index (χ2v) is 9.66. The van der Waals surface area contributed by atoms with Gasteiger partial charge in [0, 0.05) is 6.42 Å². The Morgan fingerprint density at radius 1 is 0.808 bits per heavy atom. The van der Waals surface area contributed by atoms with Gasteiger partial charge in [0.05, 0.1) is 23.5 Å². The molecule has 6 nitrogen and oxygen atoms in total. The molecular formula is C20H28O6. The van der Waals surface area contributed by atoms with Gasteiger partial charge in [-0.3, -0.25) is 9.59 Å². The van der Waals surface area contributed by atoms with Crippen molar-refractivity contribution in [2.75, 3.05) is 0 Å². The Kier molecular flexibility index (Phi) is 3.87. The van der Waals surface area contributed by atoms with E-state index in [9.17, 15) is 19.8 Å². The highest BCUT2D eigenvalue weighted by atomic mass is 16.6. The van der Waals surface area contributed by atoms with Gasteiger partial charge in [0.25, 0.3) is 0 Å². The van der Waals surface area contributed by atoms with Crippen molar-refractivity contribution in [2.24, 2.45) is 29.6 Å². The Morgan fingerprint density at radius 3 is 2.38 bits per heavy atom. The molecule has 0 aromatic heterocycles. The number of rotatable bonds is 0. The minimum absolute atomic E-state index is 0.00347. The molecule has 9 unspecified atom stereocenters. The number of carbonyl (C=O) groups is 2. The molecule has 0 aromatic rings. The number of ether oxygens (including phenoxy) is 2. The number of aliphatic hydroxyl groups is 2. The van der Waals surface area contributed by atoms with Gasteiger partial charge in [0.2, 0.25) is 0 Å². The molecule has 2 N–H and O–H groups in total. The first-order valence-corrected chi connectivity index (χ1v) is 10.2. The molecular weight excluding hydrogens is 336 g/mol. The van der Waals surface area contributed by atoms with Crippen LogP contribution in [0.2, 0.25) is 0 Å². The van der Waals surface area contributed by atoms with Gasteiger partial charge >= 0.3 is 11.9 Å². The van der Waals surface area contributed by atoms with E-state index in [-0.39, 0.29) is 42.1 Å². The van der Waals surface area contributed by atoms with Gasteiger partial charge in [-0.2, -0.15) is 0 Å². The molecule has 8 aliphatic rings. The topological polar surface area (TPSA) is 93.1 Å². The minimum Gasteiger partial charge on any atom is -0.462 e. The standard InChI is InChI=1S/2C10H14O3/c11-9-7-1-6-2-8(13-9)5-10(12,3-6)4-7;11-9-6-1-5-2-7(4-6)10(12)13-8(9)3-5/h6-8,12H,1-5H2;5-9,11H,1-4H2. The van der Waals surface area contributed by atoms with Crippen molar-refractivity contribution < 1.29 is 29.3 Å². The lowest BCUT2D eigenvalue weighted by molar-refractivity contribution is -0.156. The minimum atomic E-state index is -0.581. The number of fused-ring (bicyclic) bond motifs is 2. The van der Waals surface area contributed by atoms with Crippen LogP contribution >= 0.6 is 0 Å². The normalized spacial score (nSPS) is 53.3. The number of esters is 2. The first-order chi connectivity index (χ1) is 12.4. The van der Waals surface area contributed by atoms with E-state index in [0.717, 1.165) is 44.9 Å². The van der Waals surface area contributed by atoms with Gasteiger partial charge in [-0.25, -0.2) is 0 Å². The molecule has 0 spiro atoms. The molecule has 8 bridgehead atoms. The fraction of sp³-hybridized carbons (Fsp3) is 0.900. The van der Waals surface area contributed by atoms with Gasteiger partial charge in [-0.15, -0.1) is 0 Å². The summed E-state index contributed by atoms with van der Waals surface area (Å²) in [6.07, 6.45) is 7.39. The fourth-order valence-electron chi connectivity index (χ4n) is 6.69. The number of carbonyl (C=O) groups excluding carboxylic acids is 2. The first-order valence-electron chi connectivity index (χ1n) is 10.2. The van der Waals surface area contributed by atoms with Crippen LogP contribution in [0.1, 0.15) is 57.8 Å². The lowest BCUT2D eigenvalue weighted by Crippen LogP contribution is -2.44. The Labute approximate surface area is 153 Å². The van der Waals surface area contributed by atoms with E-state index in [1.165, 1.54) is 0 Å². The van der Waals surface area contributed by atoms with Gasteiger partial charge < -0.3 is 19.7 Å². The van der Waals surface area contributed by atoms with Gasteiger partial charge in [0.1, 0.15) is 12.2 Å². The molecule has 26 heavy (non-hydrogen) atoms. The smallest absolute Gasteiger partial charge is 0.309 e. The quantitative estimate of drug-likeness (QED) is 0.634. The molecule has 4 heterocycles. The third-order valence-corrected chi connectivity index (χ3v) is 7.60. The number of hydrogen-bond acceptors (Lipinski definition) is 6. The second kappa shape index (κ2) is 5.93. The molecule has 0 radical (unpaired) electrons. The molecule has 4 saturated carbocycles. The van der Waals surface area contributed by atoms with Crippen molar-refractivity contribution in [3.8, 4) is 0 Å². The summed E-state index contributed by atoms with van der Waals surface area (Å²) in [5.74, 6) is 1.42. The van der Waals surface area contributed by atoms with Crippen LogP contribution in [0, 0.1) is 29.6 Å². The summed E-state index contributed by atoms with van der Waals surface area (Å²) in [5, 5.41) is 20.0. The lowest BCUT2D eigenvalue weighted by Gasteiger charge is -2.42. The zero-order valence-corrected chi connectivity index (χ0v) is 15.0. The predicted octanol–water partition coefficient (Wildman–Crippen LogP) is 1.56. The zero-order chi connectivity index (χ0) is 18.1. The van der Waals surface area contributed by atoms with Gasteiger partial charge in [-0.1, -0.05) is 0 Å². The van der Waals surface area contributed by atoms with E-state index < -0.39 is 5.60 Å². The van der Waals surface area contributed by atoms with Crippen LogP contribution in [0.4, 0.5) is 0 Å². The Hall–Kier alpha value is -1.14. The maximum absolute atomic E-state index is 11.5. The van der Waals surface area contributed by atoms with Gasteiger partial charge in [-0.05, 0) is 69.1 Å². The van der Waals surface area contributed by atoms with Crippen LogP contribution in [0.25, 0.3) is 0 Å². The van der Waals surface area contributed by atoms with E-state index in [1.807, 2.05) is 0 Å². The highest BCUT2D eigenvalue weighted by Gasteiger charge is 2.52. The van der Waals surface area contributed by atoms with Crippen molar-refractivity contribution in [1.82, 2.24) is 0 Å². The average Bonchev–Trinajstić information content (AvgIpc) is 2.82. The summed E-state index contributed by atoms with van der Waals surface area (Å²) in [6, 6.07) is 0. The third kappa shape index (κ3) is 2.85. The molecule has 6 heteroatoms. The van der Waals surface area contributed by atoms with Crippen LogP contribution in [-0.2, 0) is 19.1 Å². The summed E-state index contributed by atoms with van der Waals surface area (Å²) in [4.78, 5) is 22.9. The summed E-state index contributed by atoms with van der Waals surface area (Å²) in [7, 11) is 0. The van der Waals surface area contributed by atoms with E-state index >= 15 is 0 Å². The maximum Gasteiger partial charge on any atom is 0.309 e. The number of aliphatic hydroxyl groups excluding tert-OH is 1. The van der Waals surface area contributed by atoms with Crippen molar-refractivity contribution in [3.05, 3.63) is 0 Å². The predicted molar refractivity (Wildman–Crippen MR) is 89.7 cm³/mol. The SMILES string of the molecule is O=C1OC2CC3CC1CC(C3)C2O.O=C1OC2CC3CC1CC(O)(C3)C2. The van der Waals surface area contributed by atoms with Crippen molar-refractivity contribution >= 4 is 11.9 Å². The molecule has 0 aromatic carbocycles. The Morgan fingerprint density at radius 2 is 1.58 bits per heavy atom. The molecule has 0 amide bonds.